The number of benzene rings is 1. The Morgan fingerprint density at radius 2 is 2.08 bits per heavy atom. The molecule has 1 aliphatic rings. The van der Waals surface area contributed by atoms with Crippen LogP contribution in [0.25, 0.3) is 11.5 Å². The zero-order valence-electron chi connectivity index (χ0n) is 14.9. The zero-order valence-corrected chi connectivity index (χ0v) is 15.7. The van der Waals surface area contributed by atoms with Crippen LogP contribution in [-0.4, -0.2) is 45.6 Å². The van der Waals surface area contributed by atoms with Gasteiger partial charge in [0.25, 0.3) is 0 Å². The summed E-state index contributed by atoms with van der Waals surface area (Å²) < 4.78 is 5.69. The summed E-state index contributed by atoms with van der Waals surface area (Å²) in [5, 5.41) is 8.88. The third-order valence-electron chi connectivity index (χ3n) is 4.90. The predicted molar refractivity (Wildman–Crippen MR) is 100 cm³/mol. The number of aryl methyl sites for hydroxylation is 1. The van der Waals surface area contributed by atoms with Gasteiger partial charge in [0.1, 0.15) is 0 Å². The summed E-state index contributed by atoms with van der Waals surface area (Å²) in [6.45, 7) is 0. The maximum atomic E-state index is 12.4. The number of hydrogen-bond donors (Lipinski definition) is 0. The quantitative estimate of drug-likeness (QED) is 0.752. The molecule has 1 saturated carbocycles. The topological polar surface area (TPSA) is 59.2 Å². The summed E-state index contributed by atoms with van der Waals surface area (Å²) in [4.78, 5) is 14.3. The summed E-state index contributed by atoms with van der Waals surface area (Å²) >= 11 is 1.92. The molecule has 1 aromatic carbocycles. The Bertz CT molecular complexity index is 689. The lowest BCUT2D eigenvalue weighted by Gasteiger charge is -2.24. The highest BCUT2D eigenvalue weighted by atomic mass is 32.2. The van der Waals surface area contributed by atoms with Gasteiger partial charge in [-0.05, 0) is 44.1 Å². The Balaban J connectivity index is 1.45. The molecule has 3 rings (SSSR count). The van der Waals surface area contributed by atoms with Crippen molar-refractivity contribution in [1.29, 1.82) is 0 Å². The lowest BCUT2D eigenvalue weighted by Crippen LogP contribution is -2.35. The van der Waals surface area contributed by atoms with E-state index < -0.39 is 0 Å². The van der Waals surface area contributed by atoms with E-state index in [0.29, 0.717) is 35.9 Å². The molecule has 2 atom stereocenters. The molecule has 134 valence electrons. The zero-order chi connectivity index (χ0) is 17.6. The second-order valence-electron chi connectivity index (χ2n) is 6.55. The number of amides is 1. The molecule has 0 N–H and O–H groups in total. The largest absolute Gasteiger partial charge is 0.421 e. The van der Waals surface area contributed by atoms with E-state index in [1.807, 2.05) is 54.0 Å². The van der Waals surface area contributed by atoms with E-state index in [1.54, 1.807) is 0 Å². The highest BCUT2D eigenvalue weighted by Crippen LogP contribution is 2.31. The highest BCUT2D eigenvalue weighted by molar-refractivity contribution is 7.99. The third kappa shape index (κ3) is 4.63. The van der Waals surface area contributed by atoms with Gasteiger partial charge in [0.2, 0.25) is 17.7 Å². The highest BCUT2D eigenvalue weighted by Gasteiger charge is 2.29. The first-order valence-corrected chi connectivity index (χ1v) is 10.1. The third-order valence-corrected chi connectivity index (χ3v) is 5.99. The van der Waals surface area contributed by atoms with Crippen molar-refractivity contribution in [3.8, 4) is 11.5 Å². The molecule has 0 aliphatic heterocycles. The summed E-state index contributed by atoms with van der Waals surface area (Å²) in [5.41, 5.74) is 0.918. The summed E-state index contributed by atoms with van der Waals surface area (Å²) in [5.74, 6) is 1.35. The van der Waals surface area contributed by atoms with Crippen molar-refractivity contribution in [2.45, 2.75) is 49.8 Å². The molecule has 0 spiro atoms. The lowest BCUT2D eigenvalue weighted by atomic mass is 10.1. The van der Waals surface area contributed by atoms with Gasteiger partial charge in [-0.3, -0.25) is 4.79 Å². The first-order valence-electron chi connectivity index (χ1n) is 8.83. The Kier molecular flexibility index (Phi) is 6.13. The minimum atomic E-state index is 0.217. The second kappa shape index (κ2) is 8.52. The fourth-order valence-corrected chi connectivity index (χ4v) is 4.09. The van der Waals surface area contributed by atoms with Crippen LogP contribution in [0.2, 0.25) is 0 Å². The standard InChI is InChI=1S/C19H25N3O2S/c1-22(15-11-12-16(13-15)25-2)18(23)10-6-9-17-20-21-19(24-17)14-7-4-3-5-8-14/h3-5,7-8,15-16H,6,9-13H2,1-2H3/t15-,16+/m1/s1. The van der Waals surface area contributed by atoms with E-state index >= 15 is 0 Å². The van der Waals surface area contributed by atoms with E-state index in [2.05, 4.69) is 16.5 Å². The molecule has 1 heterocycles. The van der Waals surface area contributed by atoms with Crippen LogP contribution in [0.4, 0.5) is 0 Å². The van der Waals surface area contributed by atoms with Crippen molar-refractivity contribution in [2.24, 2.45) is 0 Å². The normalized spacial score (nSPS) is 19.9. The Morgan fingerprint density at radius 1 is 1.28 bits per heavy atom. The van der Waals surface area contributed by atoms with Crippen LogP contribution in [0.3, 0.4) is 0 Å². The second-order valence-corrected chi connectivity index (χ2v) is 7.69. The maximum Gasteiger partial charge on any atom is 0.247 e. The summed E-state index contributed by atoms with van der Waals surface area (Å²) in [7, 11) is 1.94. The predicted octanol–water partition coefficient (Wildman–Crippen LogP) is 3.80. The van der Waals surface area contributed by atoms with Crippen LogP contribution in [0.15, 0.2) is 34.7 Å². The van der Waals surface area contributed by atoms with Crippen molar-refractivity contribution in [1.82, 2.24) is 15.1 Å². The van der Waals surface area contributed by atoms with E-state index in [-0.39, 0.29) is 5.91 Å². The molecular weight excluding hydrogens is 334 g/mol. The fraction of sp³-hybridized carbons (Fsp3) is 0.526. The van der Waals surface area contributed by atoms with Gasteiger partial charge < -0.3 is 9.32 Å². The number of aromatic nitrogens is 2. The molecule has 0 bridgehead atoms. The molecule has 1 fully saturated rings. The summed E-state index contributed by atoms with van der Waals surface area (Å²) in [6.07, 6.45) is 7.51. The van der Waals surface area contributed by atoms with Crippen molar-refractivity contribution in [3.05, 3.63) is 36.2 Å². The minimum absolute atomic E-state index is 0.217. The number of carbonyl (C=O) groups is 1. The maximum absolute atomic E-state index is 12.4. The average molecular weight is 359 g/mol. The van der Waals surface area contributed by atoms with Gasteiger partial charge in [0.05, 0.1) is 0 Å². The van der Waals surface area contributed by atoms with E-state index in [9.17, 15) is 4.79 Å². The van der Waals surface area contributed by atoms with E-state index in [1.165, 1.54) is 6.42 Å². The number of thioether (sulfide) groups is 1. The molecule has 1 amide bonds. The van der Waals surface area contributed by atoms with Gasteiger partial charge in [-0.15, -0.1) is 10.2 Å². The molecule has 5 nitrogen and oxygen atoms in total. The van der Waals surface area contributed by atoms with Gasteiger partial charge in [-0.1, -0.05) is 18.2 Å². The fourth-order valence-electron chi connectivity index (χ4n) is 3.31. The van der Waals surface area contributed by atoms with Crippen LogP contribution in [0.5, 0.6) is 0 Å². The molecule has 25 heavy (non-hydrogen) atoms. The van der Waals surface area contributed by atoms with E-state index in [4.69, 9.17) is 4.42 Å². The first-order chi connectivity index (χ1) is 12.2. The Labute approximate surface area is 153 Å². The van der Waals surface area contributed by atoms with Crippen LogP contribution in [-0.2, 0) is 11.2 Å². The number of rotatable bonds is 7. The molecular formula is C19H25N3O2S. The number of hydrogen-bond acceptors (Lipinski definition) is 5. The Hall–Kier alpha value is -1.82. The minimum Gasteiger partial charge on any atom is -0.421 e. The molecule has 1 aromatic heterocycles. The lowest BCUT2D eigenvalue weighted by molar-refractivity contribution is -0.131. The van der Waals surface area contributed by atoms with Crippen LogP contribution in [0.1, 0.15) is 38.0 Å². The van der Waals surface area contributed by atoms with Gasteiger partial charge in [0.15, 0.2) is 0 Å². The van der Waals surface area contributed by atoms with Gasteiger partial charge in [-0.2, -0.15) is 11.8 Å². The molecule has 0 radical (unpaired) electrons. The Morgan fingerprint density at radius 3 is 2.80 bits per heavy atom. The monoisotopic (exact) mass is 359 g/mol. The van der Waals surface area contributed by atoms with Crippen molar-refractivity contribution in [2.75, 3.05) is 13.3 Å². The molecule has 2 aromatic rings. The van der Waals surface area contributed by atoms with E-state index in [0.717, 1.165) is 24.8 Å². The first kappa shape index (κ1) is 18.0. The molecule has 0 saturated heterocycles. The van der Waals surface area contributed by atoms with Crippen LogP contribution < -0.4 is 0 Å². The van der Waals surface area contributed by atoms with Gasteiger partial charge >= 0.3 is 0 Å². The average Bonchev–Trinajstić information content (AvgIpc) is 3.31. The van der Waals surface area contributed by atoms with Crippen LogP contribution >= 0.6 is 11.8 Å². The van der Waals surface area contributed by atoms with Crippen molar-refractivity contribution in [3.63, 3.8) is 0 Å². The SMILES string of the molecule is CS[C@H]1CC[C@@H](N(C)C(=O)CCCc2nnc(-c3ccccc3)o2)C1. The van der Waals surface area contributed by atoms with Crippen molar-refractivity contribution >= 4 is 17.7 Å². The van der Waals surface area contributed by atoms with Gasteiger partial charge in [0, 0.05) is 36.7 Å². The van der Waals surface area contributed by atoms with Crippen molar-refractivity contribution < 1.29 is 9.21 Å². The van der Waals surface area contributed by atoms with Gasteiger partial charge in [-0.25, -0.2) is 0 Å². The molecule has 0 unspecified atom stereocenters. The smallest absolute Gasteiger partial charge is 0.247 e. The molecule has 1 aliphatic carbocycles. The van der Waals surface area contributed by atoms with Crippen LogP contribution in [0, 0.1) is 0 Å². The number of carbonyl (C=O) groups excluding carboxylic acids is 1. The number of nitrogens with zero attached hydrogens (tertiary/aromatic N) is 3. The molecule has 6 heteroatoms. The summed E-state index contributed by atoms with van der Waals surface area (Å²) in [6, 6.07) is 10.1.